The van der Waals surface area contributed by atoms with Gasteiger partial charge in [0.15, 0.2) is 0 Å². The van der Waals surface area contributed by atoms with Crippen LogP contribution in [-0.4, -0.2) is 13.1 Å². The number of rotatable bonds is 2. The van der Waals surface area contributed by atoms with Crippen molar-refractivity contribution in [1.29, 1.82) is 0 Å². The number of carbonyl (C=O) groups excluding carboxylic acids is 1. The van der Waals surface area contributed by atoms with Crippen molar-refractivity contribution in [2.45, 2.75) is 13.5 Å². The minimum Gasteiger partial charge on any atom is -0.341 e. The second kappa shape index (κ2) is 4.86. The number of benzene rings is 1. The van der Waals surface area contributed by atoms with Crippen molar-refractivity contribution >= 4 is 17.6 Å². The predicted molar refractivity (Wildman–Crippen MR) is 57.5 cm³/mol. The lowest BCUT2D eigenvalue weighted by molar-refractivity contribution is 0.242. The normalized spacial score (nSPS) is 9.64. The Balaban J connectivity index is 2.71. The Morgan fingerprint density at radius 1 is 1.50 bits per heavy atom. The number of aryl methyl sites for hydroxylation is 1. The van der Waals surface area contributed by atoms with Gasteiger partial charge in [0.2, 0.25) is 0 Å². The molecule has 14 heavy (non-hydrogen) atoms. The number of carbonyl (C=O) groups is 1. The van der Waals surface area contributed by atoms with Crippen molar-refractivity contribution in [3.05, 3.63) is 34.3 Å². The van der Waals surface area contributed by atoms with E-state index < -0.39 is 0 Å². The van der Waals surface area contributed by atoms with Crippen LogP contribution in [0.3, 0.4) is 0 Å². The van der Waals surface area contributed by atoms with Gasteiger partial charge < -0.3 is 10.6 Å². The Morgan fingerprint density at radius 3 is 2.79 bits per heavy atom. The van der Waals surface area contributed by atoms with Crippen molar-refractivity contribution in [3.8, 4) is 0 Å². The van der Waals surface area contributed by atoms with Crippen LogP contribution in [-0.2, 0) is 6.54 Å². The molecule has 0 atom stereocenters. The molecule has 0 aromatic heterocycles. The fraction of sp³-hybridized carbons (Fsp3) is 0.300. The highest BCUT2D eigenvalue weighted by molar-refractivity contribution is 6.31. The number of urea groups is 1. The number of amides is 2. The highest BCUT2D eigenvalue weighted by Gasteiger charge is 2.04. The summed E-state index contributed by atoms with van der Waals surface area (Å²) in [7, 11) is 1.58. The zero-order valence-electron chi connectivity index (χ0n) is 8.23. The van der Waals surface area contributed by atoms with Crippen LogP contribution in [0.5, 0.6) is 0 Å². The van der Waals surface area contributed by atoms with E-state index in [1.165, 1.54) is 0 Å². The SMILES string of the molecule is CNC(=O)NCc1c(C)cccc1Cl. The minimum absolute atomic E-state index is 0.204. The maximum absolute atomic E-state index is 10.9. The maximum atomic E-state index is 10.9. The van der Waals surface area contributed by atoms with Crippen molar-refractivity contribution in [2.24, 2.45) is 0 Å². The van der Waals surface area contributed by atoms with Crippen molar-refractivity contribution in [2.75, 3.05) is 7.05 Å². The quantitative estimate of drug-likeness (QED) is 0.775. The van der Waals surface area contributed by atoms with Gasteiger partial charge in [0.1, 0.15) is 0 Å². The molecule has 0 fully saturated rings. The summed E-state index contributed by atoms with van der Waals surface area (Å²) in [5.41, 5.74) is 2.03. The van der Waals surface area contributed by atoms with E-state index in [1.54, 1.807) is 7.05 Å². The molecule has 1 rings (SSSR count). The van der Waals surface area contributed by atoms with Gasteiger partial charge in [-0.1, -0.05) is 23.7 Å². The van der Waals surface area contributed by atoms with Crippen LogP contribution in [0.1, 0.15) is 11.1 Å². The predicted octanol–water partition coefficient (Wildman–Crippen LogP) is 2.08. The molecule has 3 nitrogen and oxygen atoms in total. The molecular formula is C10H13ClN2O. The summed E-state index contributed by atoms with van der Waals surface area (Å²) in [4.78, 5) is 10.9. The van der Waals surface area contributed by atoms with E-state index in [0.717, 1.165) is 11.1 Å². The van der Waals surface area contributed by atoms with Gasteiger partial charge in [0.05, 0.1) is 0 Å². The standard InChI is InChI=1S/C10H13ClN2O/c1-7-4-3-5-9(11)8(7)6-13-10(14)12-2/h3-5H,6H2,1-2H3,(H2,12,13,14). The fourth-order valence-corrected chi connectivity index (χ4v) is 1.44. The van der Waals surface area contributed by atoms with Gasteiger partial charge in [0.25, 0.3) is 0 Å². The van der Waals surface area contributed by atoms with Crippen LogP contribution in [0.4, 0.5) is 4.79 Å². The van der Waals surface area contributed by atoms with Gasteiger partial charge >= 0.3 is 6.03 Å². The van der Waals surface area contributed by atoms with Gasteiger partial charge in [-0.3, -0.25) is 0 Å². The summed E-state index contributed by atoms with van der Waals surface area (Å²) in [6.07, 6.45) is 0. The summed E-state index contributed by atoms with van der Waals surface area (Å²) >= 11 is 5.98. The first kappa shape index (κ1) is 10.9. The first-order valence-electron chi connectivity index (χ1n) is 4.34. The van der Waals surface area contributed by atoms with E-state index in [9.17, 15) is 4.79 Å². The average Bonchev–Trinajstić information content (AvgIpc) is 2.16. The van der Waals surface area contributed by atoms with Crippen LogP contribution >= 0.6 is 11.6 Å². The van der Waals surface area contributed by atoms with Gasteiger partial charge in [-0.2, -0.15) is 0 Å². The van der Waals surface area contributed by atoms with Crippen LogP contribution < -0.4 is 10.6 Å². The van der Waals surface area contributed by atoms with Crippen molar-refractivity contribution < 1.29 is 4.79 Å². The summed E-state index contributed by atoms with van der Waals surface area (Å²) in [6.45, 7) is 2.41. The molecule has 0 saturated carbocycles. The highest BCUT2D eigenvalue weighted by Crippen LogP contribution is 2.18. The number of nitrogens with one attached hydrogen (secondary N) is 2. The molecule has 0 aliphatic heterocycles. The van der Waals surface area contributed by atoms with E-state index in [1.807, 2.05) is 25.1 Å². The summed E-state index contributed by atoms with van der Waals surface area (Å²) in [5, 5.41) is 5.86. The Labute approximate surface area is 88.5 Å². The lowest BCUT2D eigenvalue weighted by atomic mass is 10.1. The van der Waals surface area contributed by atoms with E-state index in [0.29, 0.717) is 11.6 Å². The molecule has 1 aromatic carbocycles. The topological polar surface area (TPSA) is 41.1 Å². The van der Waals surface area contributed by atoms with Gasteiger partial charge in [0, 0.05) is 18.6 Å². The van der Waals surface area contributed by atoms with Crippen LogP contribution in [0.2, 0.25) is 5.02 Å². The summed E-state index contributed by atoms with van der Waals surface area (Å²) in [6, 6.07) is 5.47. The van der Waals surface area contributed by atoms with Gasteiger partial charge in [-0.15, -0.1) is 0 Å². The molecule has 0 bridgehead atoms. The molecule has 1 aromatic rings. The maximum Gasteiger partial charge on any atom is 0.314 e. The molecule has 2 amide bonds. The molecule has 0 aliphatic rings. The number of hydrogen-bond acceptors (Lipinski definition) is 1. The molecule has 0 heterocycles. The van der Waals surface area contributed by atoms with Crippen molar-refractivity contribution in [3.63, 3.8) is 0 Å². The third-order valence-electron chi connectivity index (χ3n) is 2.01. The molecule has 0 radical (unpaired) electrons. The zero-order chi connectivity index (χ0) is 10.6. The Morgan fingerprint density at radius 2 is 2.21 bits per heavy atom. The van der Waals surface area contributed by atoms with E-state index in [-0.39, 0.29) is 6.03 Å². The molecule has 0 unspecified atom stereocenters. The Kier molecular flexibility index (Phi) is 3.77. The molecule has 76 valence electrons. The lowest BCUT2D eigenvalue weighted by Gasteiger charge is -2.09. The fourth-order valence-electron chi connectivity index (χ4n) is 1.15. The van der Waals surface area contributed by atoms with E-state index in [2.05, 4.69) is 10.6 Å². The largest absolute Gasteiger partial charge is 0.341 e. The van der Waals surface area contributed by atoms with E-state index >= 15 is 0 Å². The number of halogens is 1. The monoisotopic (exact) mass is 212 g/mol. The third-order valence-corrected chi connectivity index (χ3v) is 2.36. The number of hydrogen-bond donors (Lipinski definition) is 2. The molecule has 0 saturated heterocycles. The van der Waals surface area contributed by atoms with Gasteiger partial charge in [-0.05, 0) is 24.1 Å². The lowest BCUT2D eigenvalue weighted by Crippen LogP contribution is -2.32. The van der Waals surface area contributed by atoms with Crippen LogP contribution in [0.25, 0.3) is 0 Å². The van der Waals surface area contributed by atoms with Gasteiger partial charge in [-0.25, -0.2) is 4.79 Å². The third kappa shape index (κ3) is 2.64. The molecular weight excluding hydrogens is 200 g/mol. The Bertz CT molecular complexity index is 319. The smallest absolute Gasteiger partial charge is 0.314 e. The molecule has 4 heteroatoms. The van der Waals surface area contributed by atoms with Crippen LogP contribution in [0, 0.1) is 6.92 Å². The van der Waals surface area contributed by atoms with E-state index in [4.69, 9.17) is 11.6 Å². The highest BCUT2D eigenvalue weighted by atomic mass is 35.5. The molecule has 0 aliphatic carbocycles. The molecule has 2 N–H and O–H groups in total. The first-order valence-corrected chi connectivity index (χ1v) is 4.72. The summed E-state index contributed by atoms with van der Waals surface area (Å²) in [5.74, 6) is 0. The molecule has 0 spiro atoms. The Hall–Kier alpha value is -1.22. The van der Waals surface area contributed by atoms with Crippen LogP contribution in [0.15, 0.2) is 18.2 Å². The second-order valence-electron chi connectivity index (χ2n) is 2.97. The minimum atomic E-state index is -0.204. The summed E-state index contributed by atoms with van der Waals surface area (Å²) < 4.78 is 0. The second-order valence-corrected chi connectivity index (χ2v) is 3.38. The van der Waals surface area contributed by atoms with Crippen molar-refractivity contribution in [1.82, 2.24) is 10.6 Å². The zero-order valence-corrected chi connectivity index (χ0v) is 8.98. The average molecular weight is 213 g/mol. The first-order chi connectivity index (χ1) is 6.65.